The van der Waals surface area contributed by atoms with E-state index in [0.717, 1.165) is 44.6 Å². The first-order valence-electron chi connectivity index (χ1n) is 10.5. The number of hydrogen-bond acceptors (Lipinski definition) is 4. The van der Waals surface area contributed by atoms with Crippen molar-refractivity contribution in [2.75, 3.05) is 26.2 Å². The zero-order valence-corrected chi connectivity index (χ0v) is 18.5. The molecule has 154 valence electrons. The average Bonchev–Trinajstić information content (AvgIpc) is 2.89. The van der Waals surface area contributed by atoms with E-state index in [9.17, 15) is 4.79 Å². The Balaban J connectivity index is 1.59. The molecule has 1 aliphatic carbocycles. The van der Waals surface area contributed by atoms with Crippen LogP contribution in [0.15, 0.2) is 53.0 Å². The van der Waals surface area contributed by atoms with E-state index in [0.29, 0.717) is 6.61 Å². The summed E-state index contributed by atoms with van der Waals surface area (Å²) in [7, 11) is 0. The fourth-order valence-electron chi connectivity index (χ4n) is 4.39. The maximum absolute atomic E-state index is 12.2. The third-order valence-electron chi connectivity index (χ3n) is 5.85. The zero-order chi connectivity index (χ0) is 20.2. The van der Waals surface area contributed by atoms with Crippen molar-refractivity contribution in [3.8, 4) is 0 Å². The number of allylic oxidation sites excluding steroid dienone is 4. The first-order valence-corrected chi connectivity index (χ1v) is 11.9. The van der Waals surface area contributed by atoms with Crippen LogP contribution < -0.4 is 0 Å². The van der Waals surface area contributed by atoms with Gasteiger partial charge in [0.2, 0.25) is 0 Å². The summed E-state index contributed by atoms with van der Waals surface area (Å²) in [5, 5.41) is 0.0474. The van der Waals surface area contributed by atoms with E-state index in [1.807, 2.05) is 18.7 Å². The number of likely N-dealkylation sites (tertiary alicyclic amines) is 1. The van der Waals surface area contributed by atoms with Crippen molar-refractivity contribution in [2.24, 2.45) is 5.92 Å². The lowest BCUT2D eigenvalue weighted by Gasteiger charge is -2.31. The van der Waals surface area contributed by atoms with E-state index in [1.54, 1.807) is 0 Å². The number of alkyl halides is 1. The highest BCUT2D eigenvalue weighted by Gasteiger charge is 2.27. The van der Waals surface area contributed by atoms with Gasteiger partial charge in [-0.15, -0.1) is 23.4 Å². The molecule has 29 heavy (non-hydrogen) atoms. The highest BCUT2D eigenvalue weighted by Crippen LogP contribution is 2.44. The number of thioether (sulfide) groups is 1. The van der Waals surface area contributed by atoms with Gasteiger partial charge in [0, 0.05) is 23.7 Å². The van der Waals surface area contributed by atoms with Gasteiger partial charge >= 0.3 is 5.97 Å². The largest absolute Gasteiger partial charge is 0.466 e. The molecule has 0 N–H and O–H groups in total. The maximum atomic E-state index is 12.2. The molecule has 0 amide bonds. The minimum atomic E-state index is -0.0477. The summed E-state index contributed by atoms with van der Waals surface area (Å²) in [4.78, 5) is 15.9. The highest BCUT2D eigenvalue weighted by molar-refractivity contribution is 8.02. The minimum absolute atomic E-state index is 0.00121. The van der Waals surface area contributed by atoms with E-state index in [1.165, 1.54) is 27.2 Å². The van der Waals surface area contributed by atoms with Crippen molar-refractivity contribution in [3.05, 3.63) is 64.1 Å². The second kappa shape index (κ2) is 9.55. The summed E-state index contributed by atoms with van der Waals surface area (Å²) < 4.78 is 5.26. The van der Waals surface area contributed by atoms with Crippen LogP contribution in [-0.2, 0) is 15.3 Å². The first-order chi connectivity index (χ1) is 14.2. The van der Waals surface area contributed by atoms with Crippen molar-refractivity contribution < 1.29 is 9.53 Å². The number of nitrogens with zero attached hydrogens (tertiary/aromatic N) is 1. The Morgan fingerprint density at radius 2 is 2.24 bits per heavy atom. The van der Waals surface area contributed by atoms with Crippen molar-refractivity contribution in [1.29, 1.82) is 0 Å². The number of halogens is 1. The predicted molar refractivity (Wildman–Crippen MR) is 122 cm³/mol. The standard InChI is InChI=1S/C24H28ClNO2S/c1-2-28-24(27)17-7-5-12-26(15-17)13-11-21-20-8-4-3-6-18(20)16-29-23-10-9-19(25)14-22(21)23/h3-4,6,8-11,17,19H,2,5,7,12-16H2,1H3. The second-order valence-electron chi connectivity index (χ2n) is 7.84. The molecule has 2 aliphatic heterocycles. The quantitative estimate of drug-likeness (QED) is 0.472. The number of piperidine rings is 1. The lowest BCUT2D eigenvalue weighted by Crippen LogP contribution is -2.39. The Hall–Kier alpha value is -1.49. The predicted octanol–water partition coefficient (Wildman–Crippen LogP) is 5.41. The topological polar surface area (TPSA) is 29.5 Å². The van der Waals surface area contributed by atoms with Crippen molar-refractivity contribution in [2.45, 2.75) is 37.3 Å². The van der Waals surface area contributed by atoms with Crippen LogP contribution in [-0.4, -0.2) is 42.5 Å². The fraction of sp³-hybridized carbons (Fsp3) is 0.458. The zero-order valence-electron chi connectivity index (χ0n) is 16.9. The van der Waals surface area contributed by atoms with Gasteiger partial charge in [0.15, 0.2) is 0 Å². The van der Waals surface area contributed by atoms with E-state index >= 15 is 0 Å². The molecule has 3 aliphatic rings. The van der Waals surface area contributed by atoms with Crippen LogP contribution in [0.25, 0.3) is 5.57 Å². The fourth-order valence-corrected chi connectivity index (χ4v) is 5.72. The number of hydrogen-bond donors (Lipinski definition) is 0. The Kier molecular flexibility index (Phi) is 6.84. The van der Waals surface area contributed by atoms with Crippen molar-refractivity contribution in [3.63, 3.8) is 0 Å². The lowest BCUT2D eigenvalue weighted by molar-refractivity contribution is -0.149. The van der Waals surface area contributed by atoms with Gasteiger partial charge in [-0.2, -0.15) is 0 Å². The molecule has 2 atom stereocenters. The monoisotopic (exact) mass is 429 g/mol. The number of ether oxygens (including phenoxy) is 1. The molecule has 5 heteroatoms. The number of carbonyl (C=O) groups excluding carboxylic acids is 1. The molecule has 0 aromatic heterocycles. The van der Waals surface area contributed by atoms with E-state index < -0.39 is 0 Å². The van der Waals surface area contributed by atoms with Crippen molar-refractivity contribution in [1.82, 2.24) is 4.90 Å². The maximum Gasteiger partial charge on any atom is 0.310 e. The summed E-state index contributed by atoms with van der Waals surface area (Å²) in [5.74, 6) is 0.935. The van der Waals surface area contributed by atoms with Crippen LogP contribution in [0.4, 0.5) is 0 Å². The molecule has 4 rings (SSSR count). The summed E-state index contributed by atoms with van der Waals surface area (Å²) in [6.45, 7) is 4.98. The highest BCUT2D eigenvalue weighted by atomic mass is 35.5. The molecule has 0 bridgehead atoms. The molecule has 1 fully saturated rings. The molecule has 3 nitrogen and oxygen atoms in total. The Morgan fingerprint density at radius 3 is 3.10 bits per heavy atom. The number of rotatable bonds is 4. The molecule has 1 saturated heterocycles. The van der Waals surface area contributed by atoms with Gasteiger partial charge in [-0.05, 0) is 55.0 Å². The lowest BCUT2D eigenvalue weighted by atomic mass is 9.89. The van der Waals surface area contributed by atoms with Gasteiger partial charge < -0.3 is 4.74 Å². The smallest absolute Gasteiger partial charge is 0.310 e. The molecule has 0 radical (unpaired) electrons. The van der Waals surface area contributed by atoms with Crippen LogP contribution in [0.5, 0.6) is 0 Å². The van der Waals surface area contributed by atoms with Crippen LogP contribution in [0.3, 0.4) is 0 Å². The van der Waals surface area contributed by atoms with E-state index in [-0.39, 0.29) is 17.3 Å². The molecule has 1 aromatic carbocycles. The summed E-state index contributed by atoms with van der Waals surface area (Å²) >= 11 is 8.40. The van der Waals surface area contributed by atoms with Crippen LogP contribution in [0.1, 0.15) is 37.3 Å². The molecule has 2 unspecified atom stereocenters. The second-order valence-corrected chi connectivity index (χ2v) is 9.41. The summed E-state index contributed by atoms with van der Waals surface area (Å²) in [6.07, 6.45) is 9.50. The van der Waals surface area contributed by atoms with Crippen LogP contribution in [0, 0.1) is 5.92 Å². The Bertz CT molecular complexity index is 860. The Labute approximate surface area is 182 Å². The number of fused-ring (bicyclic) bond motifs is 1. The van der Waals surface area contributed by atoms with Gasteiger partial charge in [-0.3, -0.25) is 9.69 Å². The number of carbonyl (C=O) groups is 1. The molecule has 0 spiro atoms. The van der Waals surface area contributed by atoms with Crippen LogP contribution >= 0.6 is 23.4 Å². The number of benzene rings is 1. The third-order valence-corrected chi connectivity index (χ3v) is 7.30. The molecule has 1 aromatic rings. The normalized spacial score (nSPS) is 26.1. The molecular formula is C24H28ClNO2S. The van der Waals surface area contributed by atoms with E-state index in [4.69, 9.17) is 16.3 Å². The van der Waals surface area contributed by atoms with E-state index in [2.05, 4.69) is 47.4 Å². The van der Waals surface area contributed by atoms with Crippen LogP contribution in [0.2, 0.25) is 0 Å². The third kappa shape index (κ3) is 4.82. The molecular weight excluding hydrogens is 402 g/mol. The Morgan fingerprint density at radius 1 is 1.38 bits per heavy atom. The molecule has 0 saturated carbocycles. The van der Waals surface area contributed by atoms with Crippen molar-refractivity contribution >= 4 is 34.9 Å². The molecule has 2 heterocycles. The summed E-state index contributed by atoms with van der Waals surface area (Å²) in [5.41, 5.74) is 5.37. The van der Waals surface area contributed by atoms with Gasteiger partial charge in [0.05, 0.1) is 17.9 Å². The first kappa shape index (κ1) is 20.8. The SMILES string of the molecule is CCOC(=O)C1CCCN(CC=C2C3=C(C=CC(Cl)C3)SCc3ccccc32)C1. The van der Waals surface area contributed by atoms with Gasteiger partial charge in [0.25, 0.3) is 0 Å². The van der Waals surface area contributed by atoms with Gasteiger partial charge in [0.1, 0.15) is 0 Å². The minimum Gasteiger partial charge on any atom is -0.466 e. The van der Waals surface area contributed by atoms with Gasteiger partial charge in [-0.1, -0.05) is 42.5 Å². The average molecular weight is 430 g/mol. The number of esters is 1. The summed E-state index contributed by atoms with van der Waals surface area (Å²) in [6, 6.07) is 8.71. The van der Waals surface area contributed by atoms with Gasteiger partial charge in [-0.25, -0.2) is 0 Å².